The molecule has 1 amide bonds. The van der Waals surface area contributed by atoms with Gasteiger partial charge < -0.3 is 38.9 Å². The third-order valence-corrected chi connectivity index (χ3v) is 11.7. The van der Waals surface area contributed by atoms with Crippen molar-refractivity contribution < 1.29 is 38.8 Å². The minimum absolute atomic E-state index is 0.0378. The summed E-state index contributed by atoms with van der Waals surface area (Å²) in [6.45, 7) is 10.8. The number of amides is 1. The van der Waals surface area contributed by atoms with Gasteiger partial charge >= 0.3 is 0 Å². The average molecular weight is 760 g/mol. The third kappa shape index (κ3) is 9.22. The first-order valence-electron chi connectivity index (χ1n) is 20.3. The highest BCUT2D eigenvalue weighted by Crippen LogP contribution is 2.62. The molecule has 4 aliphatic rings. The number of carbonyl (C=O) groups excluding carboxylic acids is 1. The zero-order valence-corrected chi connectivity index (χ0v) is 33.0. The average Bonchev–Trinajstić information content (AvgIpc) is 4.03. The van der Waals surface area contributed by atoms with Crippen molar-refractivity contribution in [2.24, 2.45) is 22.9 Å². The lowest BCUT2D eigenvalue weighted by atomic mass is 9.55. The molecule has 300 valence electrons. The Morgan fingerprint density at radius 2 is 1.87 bits per heavy atom. The number of aliphatic hydroxyl groups excluding tert-OH is 2. The third-order valence-electron chi connectivity index (χ3n) is 11.7. The summed E-state index contributed by atoms with van der Waals surface area (Å²) in [5.41, 5.74) is 3.73. The molecule has 2 aliphatic carbocycles. The maximum Gasteiger partial charge on any atom is 0.239 e. The lowest BCUT2D eigenvalue weighted by molar-refractivity contribution is -0.257. The van der Waals surface area contributed by atoms with E-state index in [1.165, 1.54) is 0 Å². The molecule has 11 nitrogen and oxygen atoms in total. The van der Waals surface area contributed by atoms with Crippen molar-refractivity contribution in [3.8, 4) is 17.2 Å². The molecule has 2 aliphatic heterocycles. The van der Waals surface area contributed by atoms with E-state index < -0.39 is 11.8 Å². The SMILES string of the molecule is C=CCO[C@@]12Oc3ccc(OCCN4CC4)cc3[C@H]3[C@H](CCCCO)[C@@H](CCCCO)C=C(C(=NOC)C[C@@H]1N(CCC)C(=O)Cc1cccc(OC)c1)[C@H]32. The second-order valence-electron chi connectivity index (χ2n) is 15.3. The number of hydrogen-bond donors (Lipinski definition) is 2. The van der Waals surface area contributed by atoms with Gasteiger partial charge in [0.1, 0.15) is 37.0 Å². The first-order valence-corrected chi connectivity index (χ1v) is 20.3. The summed E-state index contributed by atoms with van der Waals surface area (Å²) in [7, 11) is 3.20. The van der Waals surface area contributed by atoms with Crippen LogP contribution in [-0.2, 0) is 20.8 Å². The van der Waals surface area contributed by atoms with Gasteiger partial charge in [-0.2, -0.15) is 0 Å². The maximum absolute atomic E-state index is 14.7. The Morgan fingerprint density at radius 1 is 1.07 bits per heavy atom. The summed E-state index contributed by atoms with van der Waals surface area (Å²) in [5.74, 6) is 0.770. The van der Waals surface area contributed by atoms with Gasteiger partial charge in [0, 0.05) is 57.3 Å². The smallest absolute Gasteiger partial charge is 0.239 e. The fourth-order valence-electron chi connectivity index (χ4n) is 9.19. The van der Waals surface area contributed by atoms with Crippen LogP contribution in [0.1, 0.15) is 75.3 Å². The molecule has 2 aromatic carbocycles. The van der Waals surface area contributed by atoms with Crippen molar-refractivity contribution in [2.75, 3.05) is 66.8 Å². The van der Waals surface area contributed by atoms with E-state index in [0.29, 0.717) is 31.7 Å². The quantitative estimate of drug-likeness (QED) is 0.0632. The summed E-state index contributed by atoms with van der Waals surface area (Å²) in [5, 5.41) is 24.4. The number of carbonyl (C=O) groups is 1. The normalized spacial score (nSPS) is 25.9. The van der Waals surface area contributed by atoms with Crippen LogP contribution in [0.5, 0.6) is 17.2 Å². The number of rotatable bonds is 22. The largest absolute Gasteiger partial charge is 0.497 e. The van der Waals surface area contributed by atoms with Crippen molar-refractivity contribution in [3.63, 3.8) is 0 Å². The highest BCUT2D eigenvalue weighted by Gasteiger charge is 2.65. The van der Waals surface area contributed by atoms with E-state index in [1.54, 1.807) is 20.3 Å². The number of nitrogens with zero attached hydrogens (tertiary/aromatic N) is 3. The minimum Gasteiger partial charge on any atom is -0.497 e. The molecule has 6 atom stereocenters. The molecule has 2 N–H and O–H groups in total. The molecule has 2 fully saturated rings. The Balaban J connectivity index is 1.52. The molecule has 11 heteroatoms. The topological polar surface area (TPSA) is 122 Å². The Kier molecular flexibility index (Phi) is 14.3. The minimum atomic E-state index is -1.28. The highest BCUT2D eigenvalue weighted by atomic mass is 16.7. The number of unbranched alkanes of at least 4 members (excludes halogenated alkanes) is 2. The monoisotopic (exact) mass is 759 g/mol. The summed E-state index contributed by atoms with van der Waals surface area (Å²) in [4.78, 5) is 24.6. The fraction of sp³-hybridized carbons (Fsp3) is 0.591. The fourth-order valence-corrected chi connectivity index (χ4v) is 9.19. The first-order chi connectivity index (χ1) is 26.9. The van der Waals surface area contributed by atoms with Gasteiger partial charge in [-0.25, -0.2) is 0 Å². The van der Waals surface area contributed by atoms with Gasteiger partial charge in [0.25, 0.3) is 0 Å². The second-order valence-corrected chi connectivity index (χ2v) is 15.3. The molecule has 0 spiro atoms. The molecule has 2 heterocycles. The van der Waals surface area contributed by atoms with Crippen molar-refractivity contribution in [1.29, 1.82) is 0 Å². The highest BCUT2D eigenvalue weighted by molar-refractivity contribution is 6.03. The predicted octanol–water partition coefficient (Wildman–Crippen LogP) is 6.13. The van der Waals surface area contributed by atoms with Gasteiger partial charge in [-0.1, -0.05) is 49.2 Å². The van der Waals surface area contributed by atoms with Crippen molar-refractivity contribution in [3.05, 3.63) is 77.9 Å². The molecule has 6 rings (SSSR count). The van der Waals surface area contributed by atoms with Gasteiger partial charge in [0.05, 0.1) is 31.8 Å². The van der Waals surface area contributed by atoms with Crippen LogP contribution in [0.2, 0.25) is 0 Å². The van der Waals surface area contributed by atoms with Crippen molar-refractivity contribution in [2.45, 2.75) is 82.5 Å². The van der Waals surface area contributed by atoms with E-state index in [2.05, 4.69) is 30.5 Å². The van der Waals surface area contributed by atoms with Crippen LogP contribution in [0.4, 0.5) is 0 Å². The Morgan fingerprint density at radius 3 is 2.58 bits per heavy atom. The molecule has 1 saturated carbocycles. The van der Waals surface area contributed by atoms with Crippen molar-refractivity contribution in [1.82, 2.24) is 9.80 Å². The van der Waals surface area contributed by atoms with Crippen molar-refractivity contribution >= 4 is 11.6 Å². The molecular formula is C44H61N3O8. The number of hydrogen-bond acceptors (Lipinski definition) is 10. The molecule has 2 aromatic rings. The Bertz CT molecular complexity index is 1660. The second kappa shape index (κ2) is 19.3. The van der Waals surface area contributed by atoms with E-state index >= 15 is 0 Å². The van der Waals surface area contributed by atoms with E-state index in [9.17, 15) is 15.0 Å². The van der Waals surface area contributed by atoms with Crippen LogP contribution in [0.15, 0.2) is 71.9 Å². The molecule has 0 unspecified atom stereocenters. The van der Waals surface area contributed by atoms with E-state index in [1.807, 2.05) is 41.3 Å². The number of benzene rings is 2. The Hall–Kier alpha value is -3.90. The lowest BCUT2D eigenvalue weighted by Crippen LogP contribution is -2.70. The van der Waals surface area contributed by atoms with Crippen LogP contribution >= 0.6 is 0 Å². The predicted molar refractivity (Wildman–Crippen MR) is 213 cm³/mol. The van der Waals surface area contributed by atoms with Crippen LogP contribution < -0.4 is 14.2 Å². The molecule has 0 bridgehead atoms. The number of aliphatic hydroxyl groups is 2. The molecule has 55 heavy (non-hydrogen) atoms. The number of fused-ring (bicyclic) bond motifs is 2. The summed E-state index contributed by atoms with van der Waals surface area (Å²) in [6.07, 6.45) is 10.3. The van der Waals surface area contributed by atoms with E-state index in [4.69, 9.17) is 28.9 Å². The van der Waals surface area contributed by atoms with E-state index in [0.717, 1.165) is 92.1 Å². The molecule has 1 saturated heterocycles. The van der Waals surface area contributed by atoms with Gasteiger partial charge in [0.15, 0.2) is 0 Å². The summed E-state index contributed by atoms with van der Waals surface area (Å²) in [6, 6.07) is 13.2. The summed E-state index contributed by atoms with van der Waals surface area (Å²) >= 11 is 0. The number of allylic oxidation sites excluding steroid dienone is 1. The maximum atomic E-state index is 14.7. The summed E-state index contributed by atoms with van der Waals surface area (Å²) < 4.78 is 26.2. The molecular weight excluding hydrogens is 698 g/mol. The Labute approximate surface area is 326 Å². The molecule has 0 aromatic heterocycles. The van der Waals surface area contributed by atoms with Crippen LogP contribution in [0.25, 0.3) is 0 Å². The van der Waals surface area contributed by atoms with Crippen LogP contribution in [0, 0.1) is 17.8 Å². The van der Waals surface area contributed by atoms with Gasteiger partial charge in [-0.3, -0.25) is 9.69 Å². The zero-order valence-electron chi connectivity index (χ0n) is 33.0. The van der Waals surface area contributed by atoms with E-state index in [-0.39, 0.29) is 55.8 Å². The number of methoxy groups -OCH3 is 1. The molecule has 0 radical (unpaired) electrons. The zero-order chi connectivity index (χ0) is 38.8. The lowest BCUT2D eigenvalue weighted by Gasteiger charge is -2.60. The van der Waals surface area contributed by atoms with Crippen LogP contribution in [0.3, 0.4) is 0 Å². The van der Waals surface area contributed by atoms with Gasteiger partial charge in [0.2, 0.25) is 11.7 Å². The number of oxime groups is 1. The van der Waals surface area contributed by atoms with Gasteiger partial charge in [-0.05, 0) is 85.4 Å². The first kappa shape index (κ1) is 40.8. The van der Waals surface area contributed by atoms with Crippen LogP contribution in [-0.4, -0.2) is 110 Å². The standard InChI is InChI=1S/C44H61N3O8/c1-5-18-47(41(50)27-31-12-11-14-33(26-31)51-3)40-30-38(45-52-4)36-28-32(13-7-9-22-48)35(15-8-10-23-49)42-37-29-34(53-25-21-46-19-20-46)16-17-39(37)55-44(40,43(36)42)54-24-6-2/h6,11-12,14,16-17,26,28-29,32,35,40,42-43,48-49H,2,5,7-10,13,15,18-25,27,30H2,1,3-4H3/t32-,35+,40-,42+,43+,44+/m0/s1. The van der Waals surface area contributed by atoms with Gasteiger partial charge in [-0.15, -0.1) is 6.58 Å². The number of ether oxygens (including phenoxy) is 4.